The Morgan fingerprint density at radius 2 is 1.62 bits per heavy atom. The molecule has 0 unspecified atom stereocenters. The van der Waals surface area contributed by atoms with Crippen molar-refractivity contribution >= 4 is 22.7 Å². The normalized spacial score (nSPS) is 18.6. The largest absolute Gasteiger partial charge is 0.451 e. The molecular weight excluding hydrogens is 459 g/mol. The Labute approximate surface area is 191 Å². The van der Waals surface area contributed by atoms with Gasteiger partial charge >= 0.3 is 6.18 Å². The fraction of sp³-hybridized carbons (Fsp3) is 0.571. The second-order valence-electron chi connectivity index (χ2n) is 8.98. The third-order valence-electron chi connectivity index (χ3n) is 6.75. The summed E-state index contributed by atoms with van der Waals surface area (Å²) >= 11 is 0. The van der Waals surface area contributed by atoms with Gasteiger partial charge in [-0.25, -0.2) is 33.4 Å². The molecule has 0 aromatic carbocycles. The summed E-state index contributed by atoms with van der Waals surface area (Å²) in [4.78, 5) is 20.1. The molecule has 182 valence electrons. The van der Waals surface area contributed by atoms with Gasteiger partial charge in [-0.2, -0.15) is 18.3 Å². The van der Waals surface area contributed by atoms with Crippen LogP contribution < -0.4 is 9.80 Å². The van der Waals surface area contributed by atoms with Gasteiger partial charge < -0.3 is 9.80 Å². The number of nitrogens with zero attached hydrogens (tertiary/aromatic N) is 8. The van der Waals surface area contributed by atoms with Crippen LogP contribution in [0.4, 0.5) is 33.5 Å². The van der Waals surface area contributed by atoms with E-state index in [0.717, 1.165) is 45.4 Å². The van der Waals surface area contributed by atoms with Crippen LogP contribution in [-0.4, -0.2) is 62.3 Å². The minimum Gasteiger partial charge on any atom is -0.368 e. The van der Waals surface area contributed by atoms with Crippen molar-refractivity contribution in [2.24, 2.45) is 5.41 Å². The monoisotopic (exact) mass is 482 g/mol. The second-order valence-corrected chi connectivity index (χ2v) is 8.98. The van der Waals surface area contributed by atoms with Crippen LogP contribution in [0.1, 0.15) is 30.8 Å². The van der Waals surface area contributed by atoms with E-state index in [2.05, 4.69) is 29.9 Å². The van der Waals surface area contributed by atoms with Crippen molar-refractivity contribution in [2.75, 3.05) is 36.0 Å². The summed E-state index contributed by atoms with van der Waals surface area (Å²) in [6, 6.07) is 0. The van der Waals surface area contributed by atoms with E-state index in [-0.39, 0.29) is 5.41 Å². The van der Waals surface area contributed by atoms with Gasteiger partial charge in [-0.3, -0.25) is 0 Å². The maximum absolute atomic E-state index is 12.9. The molecule has 2 fully saturated rings. The molecule has 0 radical (unpaired) electrons. The maximum atomic E-state index is 12.9. The Morgan fingerprint density at radius 1 is 0.971 bits per heavy atom. The molecule has 5 heterocycles. The highest BCUT2D eigenvalue weighted by atomic mass is 19.4. The topological polar surface area (TPSA) is 75.9 Å². The molecule has 3 aromatic heterocycles. The third-order valence-corrected chi connectivity index (χ3v) is 6.75. The van der Waals surface area contributed by atoms with Gasteiger partial charge in [0.2, 0.25) is 5.82 Å². The van der Waals surface area contributed by atoms with Gasteiger partial charge in [-0.05, 0) is 31.6 Å². The number of aryl methyl sites for hydroxylation is 1. The molecule has 0 amide bonds. The molecule has 0 N–H and O–H groups in total. The number of aromatic nitrogens is 6. The van der Waals surface area contributed by atoms with Crippen LogP contribution >= 0.6 is 0 Å². The van der Waals surface area contributed by atoms with Crippen LogP contribution in [0.15, 0.2) is 18.6 Å². The Hall–Kier alpha value is -3.12. The van der Waals surface area contributed by atoms with Crippen molar-refractivity contribution in [1.82, 2.24) is 29.7 Å². The number of rotatable bonds is 4. The van der Waals surface area contributed by atoms with E-state index >= 15 is 0 Å². The molecule has 2 saturated heterocycles. The number of halogens is 5. The third kappa shape index (κ3) is 4.23. The highest BCUT2D eigenvalue weighted by Crippen LogP contribution is 2.42. The summed E-state index contributed by atoms with van der Waals surface area (Å²) in [5.74, 6) is -0.509. The van der Waals surface area contributed by atoms with Crippen molar-refractivity contribution in [3.05, 3.63) is 30.1 Å². The molecule has 13 heteroatoms. The molecule has 0 aliphatic carbocycles. The SMILES string of the molecule is Cc1nn(CC(F)F)c2nc(N3CCC4(CCN(c5cnc(C(F)(F)F)nc5)C4)CC3)cnc12. The van der Waals surface area contributed by atoms with Crippen LogP contribution in [0.2, 0.25) is 0 Å². The molecule has 0 bridgehead atoms. The summed E-state index contributed by atoms with van der Waals surface area (Å²) in [5.41, 5.74) is 2.06. The van der Waals surface area contributed by atoms with Crippen molar-refractivity contribution in [1.29, 1.82) is 0 Å². The smallest absolute Gasteiger partial charge is 0.368 e. The van der Waals surface area contributed by atoms with Gasteiger partial charge in [-0.15, -0.1) is 0 Å². The van der Waals surface area contributed by atoms with Crippen LogP contribution in [0, 0.1) is 12.3 Å². The van der Waals surface area contributed by atoms with E-state index in [1.165, 1.54) is 17.1 Å². The Morgan fingerprint density at radius 3 is 2.24 bits per heavy atom. The summed E-state index contributed by atoms with van der Waals surface area (Å²) < 4.78 is 65.3. The average molecular weight is 482 g/mol. The van der Waals surface area contributed by atoms with Gasteiger partial charge in [0.1, 0.15) is 17.9 Å². The standard InChI is InChI=1S/C21H23F5N8/c1-13-17-18(34(31-13)11-15(22)23)30-16(10-27-17)32-5-2-20(3-6-32)4-7-33(12-20)14-8-28-19(29-9-14)21(24,25)26/h8-10,15H,2-7,11-12H2,1H3. The molecule has 2 aliphatic rings. The quantitative estimate of drug-likeness (QED) is 0.525. The van der Waals surface area contributed by atoms with Crippen molar-refractivity contribution < 1.29 is 22.0 Å². The number of hydrogen-bond acceptors (Lipinski definition) is 7. The Kier molecular flexibility index (Phi) is 5.52. The maximum Gasteiger partial charge on any atom is 0.451 e. The molecular formula is C21H23F5N8. The summed E-state index contributed by atoms with van der Waals surface area (Å²) in [6.07, 6.45) is -0.295. The zero-order valence-corrected chi connectivity index (χ0v) is 18.4. The number of hydrogen-bond donors (Lipinski definition) is 0. The van der Waals surface area contributed by atoms with Gasteiger partial charge in [-0.1, -0.05) is 0 Å². The Bertz CT molecular complexity index is 1170. The van der Waals surface area contributed by atoms with Crippen molar-refractivity contribution in [3.8, 4) is 0 Å². The van der Waals surface area contributed by atoms with Gasteiger partial charge in [0.15, 0.2) is 5.65 Å². The fourth-order valence-corrected chi connectivity index (χ4v) is 4.90. The van der Waals surface area contributed by atoms with E-state index in [4.69, 9.17) is 0 Å². The lowest BCUT2D eigenvalue weighted by molar-refractivity contribution is -0.144. The zero-order valence-electron chi connectivity index (χ0n) is 18.4. The molecule has 5 rings (SSSR count). The average Bonchev–Trinajstić information content (AvgIpc) is 3.34. The highest BCUT2D eigenvalue weighted by Gasteiger charge is 2.41. The lowest BCUT2D eigenvalue weighted by Crippen LogP contribution is -2.42. The molecule has 1 spiro atoms. The van der Waals surface area contributed by atoms with E-state index < -0.39 is 25.0 Å². The number of alkyl halides is 5. The van der Waals surface area contributed by atoms with Crippen molar-refractivity contribution in [2.45, 2.75) is 45.3 Å². The summed E-state index contributed by atoms with van der Waals surface area (Å²) in [7, 11) is 0. The van der Waals surface area contributed by atoms with Crippen LogP contribution in [0.3, 0.4) is 0 Å². The van der Waals surface area contributed by atoms with Gasteiger partial charge in [0.25, 0.3) is 6.43 Å². The number of piperidine rings is 1. The minimum absolute atomic E-state index is 0.0464. The first-order valence-corrected chi connectivity index (χ1v) is 11.0. The van der Waals surface area contributed by atoms with E-state index in [9.17, 15) is 22.0 Å². The molecule has 34 heavy (non-hydrogen) atoms. The molecule has 2 aliphatic heterocycles. The van der Waals surface area contributed by atoms with E-state index in [1.54, 1.807) is 13.1 Å². The molecule has 8 nitrogen and oxygen atoms in total. The first-order chi connectivity index (χ1) is 16.1. The fourth-order valence-electron chi connectivity index (χ4n) is 4.90. The predicted octanol–water partition coefficient (Wildman–Crippen LogP) is 3.71. The van der Waals surface area contributed by atoms with E-state index in [1.807, 2.05) is 4.90 Å². The highest BCUT2D eigenvalue weighted by molar-refractivity contribution is 5.74. The van der Waals surface area contributed by atoms with Crippen LogP contribution in [-0.2, 0) is 12.7 Å². The minimum atomic E-state index is -4.56. The first-order valence-electron chi connectivity index (χ1n) is 11.0. The van der Waals surface area contributed by atoms with Crippen LogP contribution in [0.5, 0.6) is 0 Å². The lowest BCUT2D eigenvalue weighted by Gasteiger charge is -2.39. The van der Waals surface area contributed by atoms with E-state index in [0.29, 0.717) is 28.4 Å². The number of fused-ring (bicyclic) bond motifs is 1. The second kappa shape index (κ2) is 8.27. The number of anilines is 2. The predicted molar refractivity (Wildman–Crippen MR) is 114 cm³/mol. The zero-order chi connectivity index (χ0) is 24.1. The molecule has 0 atom stereocenters. The summed E-state index contributed by atoms with van der Waals surface area (Å²) in [6.45, 7) is 4.08. The van der Waals surface area contributed by atoms with Gasteiger partial charge in [0, 0.05) is 26.2 Å². The van der Waals surface area contributed by atoms with Gasteiger partial charge in [0.05, 0.1) is 30.0 Å². The molecule has 0 saturated carbocycles. The first kappa shape index (κ1) is 22.7. The Balaban J connectivity index is 1.26. The van der Waals surface area contributed by atoms with Crippen LogP contribution in [0.25, 0.3) is 11.2 Å². The lowest BCUT2D eigenvalue weighted by atomic mass is 9.78. The summed E-state index contributed by atoms with van der Waals surface area (Å²) in [5, 5.41) is 4.15. The van der Waals surface area contributed by atoms with Crippen molar-refractivity contribution in [3.63, 3.8) is 0 Å². The molecule has 3 aromatic rings.